The van der Waals surface area contributed by atoms with Crippen molar-refractivity contribution >= 4 is 33.0 Å². The van der Waals surface area contributed by atoms with Crippen molar-refractivity contribution in [2.45, 2.75) is 19.4 Å². The fourth-order valence-electron chi connectivity index (χ4n) is 1.50. The van der Waals surface area contributed by atoms with Crippen LogP contribution in [-0.4, -0.2) is 0 Å². The Labute approximate surface area is 92.5 Å². The summed E-state index contributed by atoms with van der Waals surface area (Å²) in [6.07, 6.45) is 0. The van der Waals surface area contributed by atoms with Gasteiger partial charge < -0.3 is 5.73 Å². The number of hydrogen-bond acceptors (Lipinski definition) is 2. The van der Waals surface area contributed by atoms with E-state index < -0.39 is 0 Å². The molecule has 0 saturated heterocycles. The number of nitrogens with two attached hydrogens (primary N) is 1. The van der Waals surface area contributed by atoms with Crippen molar-refractivity contribution in [3.63, 3.8) is 0 Å². The molecular formula is C11H12ClNS. The van der Waals surface area contributed by atoms with E-state index in [-0.39, 0.29) is 5.54 Å². The van der Waals surface area contributed by atoms with Crippen LogP contribution in [0.2, 0.25) is 5.02 Å². The lowest BCUT2D eigenvalue weighted by Crippen LogP contribution is -2.28. The van der Waals surface area contributed by atoms with Crippen molar-refractivity contribution in [2.75, 3.05) is 0 Å². The Hall–Kier alpha value is -0.570. The van der Waals surface area contributed by atoms with E-state index in [4.69, 9.17) is 17.3 Å². The third-order valence-electron chi connectivity index (χ3n) is 2.23. The molecule has 2 aromatic rings. The predicted octanol–water partition coefficient (Wildman–Crippen LogP) is 3.75. The molecule has 0 bridgehead atoms. The smallest absolute Gasteiger partial charge is 0.0413 e. The Morgan fingerprint density at radius 1 is 1.36 bits per heavy atom. The third-order valence-corrected chi connectivity index (χ3v) is 3.43. The molecule has 2 N–H and O–H groups in total. The molecule has 1 aromatic carbocycles. The SMILES string of the molecule is CC(C)(N)c1csc2ccc(Cl)cc12. The number of benzene rings is 1. The van der Waals surface area contributed by atoms with E-state index in [1.807, 2.05) is 32.0 Å². The summed E-state index contributed by atoms with van der Waals surface area (Å²) >= 11 is 7.67. The second kappa shape index (κ2) is 3.23. The van der Waals surface area contributed by atoms with Crippen molar-refractivity contribution in [2.24, 2.45) is 5.73 Å². The molecule has 0 unspecified atom stereocenters. The minimum Gasteiger partial charge on any atom is -0.322 e. The first-order chi connectivity index (χ1) is 6.48. The zero-order chi connectivity index (χ0) is 10.3. The summed E-state index contributed by atoms with van der Waals surface area (Å²) in [5.41, 5.74) is 6.94. The van der Waals surface area contributed by atoms with Gasteiger partial charge in [-0.2, -0.15) is 0 Å². The van der Waals surface area contributed by atoms with E-state index in [0.29, 0.717) is 0 Å². The molecule has 0 saturated carbocycles. The Bertz CT molecular complexity index is 468. The van der Waals surface area contributed by atoms with Crippen molar-refractivity contribution in [3.05, 3.63) is 34.2 Å². The molecule has 0 aliphatic carbocycles. The Kier molecular flexibility index (Phi) is 2.30. The number of halogens is 1. The van der Waals surface area contributed by atoms with Crippen LogP contribution in [0.25, 0.3) is 10.1 Å². The van der Waals surface area contributed by atoms with Crippen LogP contribution >= 0.6 is 22.9 Å². The molecule has 0 fully saturated rings. The average molecular weight is 226 g/mol. The lowest BCUT2D eigenvalue weighted by molar-refractivity contribution is 0.561. The Balaban J connectivity index is 2.73. The van der Waals surface area contributed by atoms with E-state index in [9.17, 15) is 0 Å². The fraction of sp³-hybridized carbons (Fsp3) is 0.273. The van der Waals surface area contributed by atoms with E-state index in [2.05, 4.69) is 5.38 Å². The highest BCUT2D eigenvalue weighted by atomic mass is 35.5. The van der Waals surface area contributed by atoms with Gasteiger partial charge in [-0.25, -0.2) is 0 Å². The van der Waals surface area contributed by atoms with Gasteiger partial charge in [-0.05, 0) is 48.4 Å². The second-order valence-corrected chi connectivity index (χ2v) is 5.36. The van der Waals surface area contributed by atoms with Crippen LogP contribution in [0.3, 0.4) is 0 Å². The molecule has 0 atom stereocenters. The maximum Gasteiger partial charge on any atom is 0.0413 e. The number of thiophene rings is 1. The minimum absolute atomic E-state index is 0.303. The average Bonchev–Trinajstić information content (AvgIpc) is 2.45. The molecule has 0 amide bonds. The quantitative estimate of drug-likeness (QED) is 0.786. The maximum absolute atomic E-state index is 6.08. The third kappa shape index (κ3) is 1.65. The topological polar surface area (TPSA) is 26.0 Å². The molecule has 0 aliphatic heterocycles. The number of rotatable bonds is 1. The predicted molar refractivity (Wildman–Crippen MR) is 64.0 cm³/mol. The van der Waals surface area contributed by atoms with Gasteiger partial charge >= 0.3 is 0 Å². The van der Waals surface area contributed by atoms with Crippen LogP contribution in [0.15, 0.2) is 23.6 Å². The lowest BCUT2D eigenvalue weighted by atomic mass is 9.95. The van der Waals surface area contributed by atoms with Crippen molar-refractivity contribution < 1.29 is 0 Å². The minimum atomic E-state index is -0.303. The fourth-order valence-corrected chi connectivity index (χ4v) is 2.79. The standard InChI is InChI=1S/C11H12ClNS/c1-11(2,13)9-6-14-10-4-3-7(12)5-8(9)10/h3-6H,13H2,1-2H3. The molecule has 0 aliphatic rings. The summed E-state index contributed by atoms with van der Waals surface area (Å²) in [5.74, 6) is 0. The Morgan fingerprint density at radius 3 is 2.71 bits per heavy atom. The van der Waals surface area contributed by atoms with Crippen LogP contribution in [0.4, 0.5) is 0 Å². The summed E-state index contributed by atoms with van der Waals surface area (Å²) in [7, 11) is 0. The maximum atomic E-state index is 6.08. The van der Waals surface area contributed by atoms with Gasteiger partial charge in [0.2, 0.25) is 0 Å². The van der Waals surface area contributed by atoms with Gasteiger partial charge in [0.05, 0.1) is 0 Å². The van der Waals surface area contributed by atoms with Gasteiger partial charge in [-0.1, -0.05) is 11.6 Å². The molecule has 74 valence electrons. The number of fused-ring (bicyclic) bond motifs is 1. The highest BCUT2D eigenvalue weighted by Crippen LogP contribution is 2.33. The van der Waals surface area contributed by atoms with Crippen LogP contribution in [0.5, 0.6) is 0 Å². The first kappa shape index (κ1) is 9.97. The van der Waals surface area contributed by atoms with Gasteiger partial charge in [0.1, 0.15) is 0 Å². The summed E-state index contributed by atoms with van der Waals surface area (Å²) in [6.45, 7) is 4.02. The van der Waals surface area contributed by atoms with Crippen molar-refractivity contribution in [3.8, 4) is 0 Å². The molecule has 3 heteroatoms. The monoisotopic (exact) mass is 225 g/mol. The molecule has 1 aromatic heterocycles. The largest absolute Gasteiger partial charge is 0.322 e. The first-order valence-electron chi connectivity index (χ1n) is 4.44. The van der Waals surface area contributed by atoms with Gasteiger partial charge in [0.25, 0.3) is 0 Å². The molecule has 1 heterocycles. The van der Waals surface area contributed by atoms with Crippen molar-refractivity contribution in [1.29, 1.82) is 0 Å². The Morgan fingerprint density at radius 2 is 2.07 bits per heavy atom. The van der Waals surface area contributed by atoms with Crippen LogP contribution in [-0.2, 0) is 5.54 Å². The molecule has 0 spiro atoms. The normalized spacial score (nSPS) is 12.3. The highest BCUT2D eigenvalue weighted by Gasteiger charge is 2.18. The van der Waals surface area contributed by atoms with Crippen LogP contribution in [0.1, 0.15) is 19.4 Å². The van der Waals surface area contributed by atoms with E-state index in [1.165, 1.54) is 15.6 Å². The summed E-state index contributed by atoms with van der Waals surface area (Å²) in [6, 6.07) is 5.93. The van der Waals surface area contributed by atoms with Gasteiger partial charge in [0, 0.05) is 15.3 Å². The molecule has 1 nitrogen and oxygen atoms in total. The molecule has 2 rings (SSSR count). The van der Waals surface area contributed by atoms with Crippen molar-refractivity contribution in [1.82, 2.24) is 0 Å². The van der Waals surface area contributed by atoms with Crippen LogP contribution in [0, 0.1) is 0 Å². The van der Waals surface area contributed by atoms with Gasteiger partial charge in [-0.3, -0.25) is 0 Å². The van der Waals surface area contributed by atoms with E-state index in [0.717, 1.165) is 5.02 Å². The number of hydrogen-bond donors (Lipinski definition) is 1. The molecule has 14 heavy (non-hydrogen) atoms. The molecular weight excluding hydrogens is 214 g/mol. The molecule has 0 radical (unpaired) electrons. The zero-order valence-electron chi connectivity index (χ0n) is 8.17. The van der Waals surface area contributed by atoms with Gasteiger partial charge in [0.15, 0.2) is 0 Å². The first-order valence-corrected chi connectivity index (χ1v) is 5.70. The zero-order valence-corrected chi connectivity index (χ0v) is 9.75. The van der Waals surface area contributed by atoms with E-state index in [1.54, 1.807) is 11.3 Å². The van der Waals surface area contributed by atoms with E-state index >= 15 is 0 Å². The van der Waals surface area contributed by atoms with Gasteiger partial charge in [-0.15, -0.1) is 11.3 Å². The lowest BCUT2D eigenvalue weighted by Gasteiger charge is -2.17. The summed E-state index contributed by atoms with van der Waals surface area (Å²) in [5, 5.41) is 4.05. The summed E-state index contributed by atoms with van der Waals surface area (Å²) < 4.78 is 1.24. The second-order valence-electron chi connectivity index (χ2n) is 4.01. The highest BCUT2D eigenvalue weighted by molar-refractivity contribution is 7.17. The summed E-state index contributed by atoms with van der Waals surface area (Å²) in [4.78, 5) is 0. The van der Waals surface area contributed by atoms with Crippen LogP contribution < -0.4 is 5.73 Å².